The molecule has 0 radical (unpaired) electrons. The number of benzene rings is 1. The van der Waals surface area contributed by atoms with Crippen molar-refractivity contribution in [1.82, 2.24) is 9.88 Å². The molecule has 2 N–H and O–H groups in total. The molecule has 6 nitrogen and oxygen atoms in total. The number of ether oxygens (including phenoxy) is 1. The van der Waals surface area contributed by atoms with Crippen molar-refractivity contribution >= 4 is 38.9 Å². The molecule has 2 aromatic rings. The second-order valence-corrected chi connectivity index (χ2v) is 7.79. The summed E-state index contributed by atoms with van der Waals surface area (Å²) in [4.78, 5) is 28.7. The van der Waals surface area contributed by atoms with Crippen molar-refractivity contribution in [2.45, 2.75) is 38.8 Å². The molecule has 1 aromatic heterocycles. The smallest absolute Gasteiger partial charge is 0.411 e. The molecule has 0 spiro atoms. The van der Waals surface area contributed by atoms with E-state index in [9.17, 15) is 14.7 Å². The zero-order valence-electron chi connectivity index (χ0n) is 13.7. The number of halogens is 1. The van der Waals surface area contributed by atoms with E-state index < -0.39 is 23.7 Å². The zero-order valence-corrected chi connectivity index (χ0v) is 15.3. The van der Waals surface area contributed by atoms with Crippen molar-refractivity contribution < 1.29 is 19.4 Å². The van der Waals surface area contributed by atoms with Gasteiger partial charge in [0.2, 0.25) is 0 Å². The molecule has 1 aliphatic rings. The van der Waals surface area contributed by atoms with Crippen LogP contribution in [0.2, 0.25) is 0 Å². The summed E-state index contributed by atoms with van der Waals surface area (Å²) < 4.78 is 6.30. The Kier molecular flexibility index (Phi) is 4.07. The number of carbonyl (C=O) groups excluding carboxylic acids is 1. The van der Waals surface area contributed by atoms with Crippen LogP contribution in [0.15, 0.2) is 22.7 Å². The second-order valence-electron chi connectivity index (χ2n) is 6.87. The van der Waals surface area contributed by atoms with E-state index in [0.29, 0.717) is 18.7 Å². The van der Waals surface area contributed by atoms with Crippen LogP contribution in [-0.2, 0) is 16.0 Å². The molecule has 0 bridgehead atoms. The third kappa shape index (κ3) is 3.00. The number of carbonyl (C=O) groups is 2. The van der Waals surface area contributed by atoms with Gasteiger partial charge >= 0.3 is 12.1 Å². The number of aromatic nitrogens is 1. The van der Waals surface area contributed by atoms with E-state index in [1.165, 1.54) is 4.90 Å². The molecule has 0 saturated heterocycles. The van der Waals surface area contributed by atoms with E-state index in [-0.39, 0.29) is 0 Å². The minimum absolute atomic E-state index is 0.304. The Hall–Kier alpha value is -2.02. The average molecular weight is 395 g/mol. The van der Waals surface area contributed by atoms with Crippen LogP contribution in [0.3, 0.4) is 0 Å². The molecule has 7 heteroatoms. The topological polar surface area (TPSA) is 82.6 Å². The van der Waals surface area contributed by atoms with Gasteiger partial charge in [-0.15, -0.1) is 0 Å². The molecule has 2 heterocycles. The van der Waals surface area contributed by atoms with Gasteiger partial charge in [-0.1, -0.05) is 15.9 Å². The lowest BCUT2D eigenvalue weighted by molar-refractivity contribution is -0.144. The molecule has 0 fully saturated rings. The Morgan fingerprint density at radius 2 is 2.08 bits per heavy atom. The molecule has 1 amide bonds. The third-order valence-electron chi connectivity index (χ3n) is 3.95. The summed E-state index contributed by atoms with van der Waals surface area (Å²) in [7, 11) is 0. The quantitative estimate of drug-likeness (QED) is 0.769. The number of nitrogens with zero attached hydrogens (tertiary/aromatic N) is 1. The highest BCUT2D eigenvalue weighted by Crippen LogP contribution is 2.36. The number of carboxylic acids is 1. The Labute approximate surface area is 147 Å². The van der Waals surface area contributed by atoms with E-state index in [0.717, 1.165) is 20.9 Å². The van der Waals surface area contributed by atoms with Crippen molar-refractivity contribution in [3.8, 4) is 0 Å². The number of rotatable bonds is 1. The molecular formula is C17H19BrN2O4. The molecule has 24 heavy (non-hydrogen) atoms. The number of hydrogen-bond acceptors (Lipinski definition) is 3. The number of amides is 1. The van der Waals surface area contributed by atoms with Crippen LogP contribution in [0.25, 0.3) is 10.9 Å². The Bertz CT molecular complexity index is 822. The second kappa shape index (κ2) is 5.81. The van der Waals surface area contributed by atoms with Crippen LogP contribution in [0.5, 0.6) is 0 Å². The molecule has 3 rings (SSSR count). The highest BCUT2D eigenvalue weighted by molar-refractivity contribution is 9.10. The van der Waals surface area contributed by atoms with E-state index in [2.05, 4.69) is 20.9 Å². The monoisotopic (exact) mass is 394 g/mol. The van der Waals surface area contributed by atoms with Gasteiger partial charge in [-0.3, -0.25) is 4.90 Å². The Morgan fingerprint density at radius 3 is 2.71 bits per heavy atom. The van der Waals surface area contributed by atoms with Crippen LogP contribution in [0, 0.1) is 0 Å². The Morgan fingerprint density at radius 1 is 1.38 bits per heavy atom. The lowest BCUT2D eigenvalue weighted by Crippen LogP contribution is -2.45. The van der Waals surface area contributed by atoms with Crippen molar-refractivity contribution in [3.05, 3.63) is 33.9 Å². The van der Waals surface area contributed by atoms with Crippen LogP contribution in [-0.4, -0.2) is 39.2 Å². The standard InChI is InChI=1S/C17H19BrN2O4/c1-17(2,3)24-16(23)20-7-6-10-11-8-9(18)4-5-12(11)19-13(10)14(20)15(21)22/h4-5,8,14,19H,6-7H2,1-3H3,(H,21,22). The molecule has 1 atom stereocenters. The van der Waals surface area contributed by atoms with Gasteiger partial charge in [0.1, 0.15) is 5.60 Å². The first-order chi connectivity index (χ1) is 11.2. The van der Waals surface area contributed by atoms with E-state index >= 15 is 0 Å². The van der Waals surface area contributed by atoms with Crippen molar-refractivity contribution in [2.75, 3.05) is 6.54 Å². The van der Waals surface area contributed by atoms with Crippen molar-refractivity contribution in [1.29, 1.82) is 0 Å². The minimum Gasteiger partial charge on any atom is -0.479 e. The largest absolute Gasteiger partial charge is 0.479 e. The van der Waals surface area contributed by atoms with Gasteiger partial charge in [-0.25, -0.2) is 9.59 Å². The van der Waals surface area contributed by atoms with Gasteiger partial charge in [0.05, 0.1) is 5.69 Å². The number of aromatic amines is 1. The predicted molar refractivity (Wildman–Crippen MR) is 93.0 cm³/mol. The predicted octanol–water partition coefficient (Wildman–Crippen LogP) is 3.85. The zero-order chi connectivity index (χ0) is 17.6. The number of hydrogen-bond donors (Lipinski definition) is 2. The minimum atomic E-state index is -1.08. The van der Waals surface area contributed by atoms with Gasteiger partial charge < -0.3 is 14.8 Å². The first-order valence-electron chi connectivity index (χ1n) is 7.70. The number of carboxylic acid groups (broad SMARTS) is 1. The summed E-state index contributed by atoms with van der Waals surface area (Å²) in [5, 5.41) is 10.7. The number of fused-ring (bicyclic) bond motifs is 3. The van der Waals surface area contributed by atoms with Gasteiger partial charge in [-0.05, 0) is 51.0 Å². The normalized spacial score (nSPS) is 17.7. The van der Waals surface area contributed by atoms with E-state index in [1.807, 2.05) is 18.2 Å². The van der Waals surface area contributed by atoms with Crippen molar-refractivity contribution in [3.63, 3.8) is 0 Å². The maximum absolute atomic E-state index is 12.4. The van der Waals surface area contributed by atoms with E-state index in [1.54, 1.807) is 20.8 Å². The fourth-order valence-electron chi connectivity index (χ4n) is 3.03. The molecule has 1 aliphatic heterocycles. The first kappa shape index (κ1) is 16.8. The number of H-pyrrole nitrogens is 1. The number of aliphatic carboxylic acids is 1. The molecule has 1 aromatic carbocycles. The molecule has 0 saturated carbocycles. The summed E-state index contributed by atoms with van der Waals surface area (Å²) in [6.45, 7) is 5.59. The number of nitrogens with one attached hydrogen (secondary N) is 1. The maximum atomic E-state index is 12.4. The van der Waals surface area contributed by atoms with Gasteiger partial charge in [0.15, 0.2) is 6.04 Å². The van der Waals surface area contributed by atoms with Crippen LogP contribution in [0.1, 0.15) is 38.1 Å². The summed E-state index contributed by atoms with van der Waals surface area (Å²) >= 11 is 3.44. The maximum Gasteiger partial charge on any atom is 0.411 e. The summed E-state index contributed by atoms with van der Waals surface area (Å²) in [6.07, 6.45) is -0.0326. The van der Waals surface area contributed by atoms with Crippen LogP contribution >= 0.6 is 15.9 Å². The fraction of sp³-hybridized carbons (Fsp3) is 0.412. The molecule has 1 unspecified atom stereocenters. The Balaban J connectivity index is 2.05. The first-order valence-corrected chi connectivity index (χ1v) is 8.49. The highest BCUT2D eigenvalue weighted by Gasteiger charge is 2.40. The summed E-state index contributed by atoms with van der Waals surface area (Å²) in [6, 6.07) is 4.68. The van der Waals surface area contributed by atoms with Crippen LogP contribution in [0.4, 0.5) is 4.79 Å². The average Bonchev–Trinajstić information content (AvgIpc) is 2.81. The molecule has 0 aliphatic carbocycles. The third-order valence-corrected chi connectivity index (χ3v) is 4.44. The fourth-order valence-corrected chi connectivity index (χ4v) is 3.40. The van der Waals surface area contributed by atoms with E-state index in [4.69, 9.17) is 4.74 Å². The van der Waals surface area contributed by atoms with Gasteiger partial charge in [0, 0.05) is 21.9 Å². The SMILES string of the molecule is CC(C)(C)OC(=O)N1CCc2c([nH]c3ccc(Br)cc23)C1C(=O)O. The summed E-state index contributed by atoms with van der Waals surface area (Å²) in [5.74, 6) is -1.08. The van der Waals surface area contributed by atoms with Gasteiger partial charge in [0.25, 0.3) is 0 Å². The summed E-state index contributed by atoms with van der Waals surface area (Å²) in [5.41, 5.74) is 1.68. The van der Waals surface area contributed by atoms with Crippen LogP contribution < -0.4 is 0 Å². The van der Waals surface area contributed by atoms with Crippen molar-refractivity contribution in [2.24, 2.45) is 0 Å². The molecular weight excluding hydrogens is 376 g/mol. The lowest BCUT2D eigenvalue weighted by atomic mass is 9.97. The van der Waals surface area contributed by atoms with Gasteiger partial charge in [-0.2, -0.15) is 0 Å². The molecule has 128 valence electrons. The lowest BCUT2D eigenvalue weighted by Gasteiger charge is -2.34. The highest BCUT2D eigenvalue weighted by atomic mass is 79.9.